The molecule has 0 saturated carbocycles. The zero-order chi connectivity index (χ0) is 15.2. The lowest BCUT2D eigenvalue weighted by atomic mass is 10.2. The third kappa shape index (κ3) is 4.59. The predicted molar refractivity (Wildman–Crippen MR) is 85.5 cm³/mol. The van der Waals surface area contributed by atoms with Gasteiger partial charge in [-0.2, -0.15) is 0 Å². The second-order valence-electron chi connectivity index (χ2n) is 5.74. The van der Waals surface area contributed by atoms with Crippen molar-refractivity contribution in [2.24, 2.45) is 0 Å². The van der Waals surface area contributed by atoms with Crippen molar-refractivity contribution in [3.8, 4) is 5.75 Å². The van der Waals surface area contributed by atoms with E-state index in [2.05, 4.69) is 23.6 Å². The van der Waals surface area contributed by atoms with Crippen molar-refractivity contribution in [3.05, 3.63) is 24.3 Å². The van der Waals surface area contributed by atoms with Crippen molar-refractivity contribution in [2.75, 3.05) is 45.1 Å². The van der Waals surface area contributed by atoms with Gasteiger partial charge in [-0.15, -0.1) is 0 Å². The highest BCUT2D eigenvalue weighted by molar-refractivity contribution is 5.51. The van der Waals surface area contributed by atoms with Crippen LogP contribution in [0, 0.1) is 0 Å². The number of aliphatic hydroxyl groups excluding tert-OH is 1. The minimum Gasteiger partial charge on any atom is -0.489 e. The molecule has 21 heavy (non-hydrogen) atoms. The number of hydrogen-bond acceptors (Lipinski definition) is 5. The van der Waals surface area contributed by atoms with Crippen LogP contribution >= 0.6 is 0 Å². The number of rotatable bonds is 6. The molecule has 2 unspecified atom stereocenters. The molecule has 5 nitrogen and oxygen atoms in total. The Labute approximate surface area is 127 Å². The summed E-state index contributed by atoms with van der Waals surface area (Å²) in [5.74, 6) is 0.640. The van der Waals surface area contributed by atoms with Crippen LogP contribution in [0.5, 0.6) is 5.75 Å². The molecule has 1 aliphatic rings. The van der Waals surface area contributed by atoms with Gasteiger partial charge in [0.05, 0.1) is 5.69 Å². The van der Waals surface area contributed by atoms with Crippen LogP contribution in [0.1, 0.15) is 13.8 Å². The molecule has 118 valence electrons. The summed E-state index contributed by atoms with van der Waals surface area (Å²) in [5.41, 5.74) is 6.42. The van der Waals surface area contributed by atoms with Gasteiger partial charge in [-0.3, -0.25) is 9.80 Å². The second kappa shape index (κ2) is 7.64. The van der Waals surface area contributed by atoms with E-state index >= 15 is 0 Å². The molecule has 0 amide bonds. The Hall–Kier alpha value is -1.30. The standard InChI is InChI=1S/C16H27N3O2/c1-3-19-9-8-18(10-13(19)2)11-14(20)12-21-16-7-5-4-6-15(16)17/h4-7,13-14,20H,3,8-12,17H2,1-2H3. The van der Waals surface area contributed by atoms with Crippen LogP contribution in [0.2, 0.25) is 0 Å². The van der Waals surface area contributed by atoms with E-state index in [1.54, 1.807) is 6.07 Å². The predicted octanol–water partition coefficient (Wildman–Crippen LogP) is 1.03. The third-order valence-corrected chi connectivity index (χ3v) is 4.07. The van der Waals surface area contributed by atoms with E-state index in [0.717, 1.165) is 26.2 Å². The van der Waals surface area contributed by atoms with E-state index in [-0.39, 0.29) is 6.61 Å². The number of nitrogens with zero attached hydrogens (tertiary/aromatic N) is 2. The fourth-order valence-corrected chi connectivity index (χ4v) is 2.85. The highest BCUT2D eigenvalue weighted by atomic mass is 16.5. The summed E-state index contributed by atoms with van der Waals surface area (Å²) >= 11 is 0. The Kier molecular flexibility index (Phi) is 5.85. The summed E-state index contributed by atoms with van der Waals surface area (Å²) in [4.78, 5) is 4.77. The Balaban J connectivity index is 1.75. The van der Waals surface area contributed by atoms with E-state index in [1.165, 1.54) is 0 Å². The molecule has 0 aliphatic carbocycles. The maximum Gasteiger partial charge on any atom is 0.142 e. The van der Waals surface area contributed by atoms with Crippen LogP contribution < -0.4 is 10.5 Å². The fourth-order valence-electron chi connectivity index (χ4n) is 2.85. The number of aliphatic hydroxyl groups is 1. The number of para-hydroxylation sites is 2. The lowest BCUT2D eigenvalue weighted by Crippen LogP contribution is -2.53. The summed E-state index contributed by atoms with van der Waals surface area (Å²) in [6, 6.07) is 7.91. The monoisotopic (exact) mass is 293 g/mol. The van der Waals surface area contributed by atoms with Crippen LogP contribution in [-0.4, -0.2) is 66.4 Å². The van der Waals surface area contributed by atoms with Gasteiger partial charge in [-0.25, -0.2) is 0 Å². The number of β-amino-alcohol motifs (C(OH)–C–C–N with tert-alkyl or cyclic N) is 1. The molecule has 0 spiro atoms. The van der Waals surface area contributed by atoms with Crippen molar-refractivity contribution in [2.45, 2.75) is 26.0 Å². The topological polar surface area (TPSA) is 62.0 Å². The lowest BCUT2D eigenvalue weighted by molar-refractivity contribution is 0.0299. The van der Waals surface area contributed by atoms with Crippen LogP contribution in [0.15, 0.2) is 24.3 Å². The normalized spacial score (nSPS) is 22.1. The molecular weight excluding hydrogens is 266 g/mol. The first-order valence-electron chi connectivity index (χ1n) is 7.72. The molecule has 1 saturated heterocycles. The number of hydrogen-bond donors (Lipinski definition) is 2. The summed E-state index contributed by atoms with van der Waals surface area (Å²) in [7, 11) is 0. The van der Waals surface area contributed by atoms with E-state index in [1.807, 2.05) is 18.2 Å². The van der Waals surface area contributed by atoms with Gasteiger partial charge >= 0.3 is 0 Å². The van der Waals surface area contributed by atoms with Crippen molar-refractivity contribution >= 4 is 5.69 Å². The quantitative estimate of drug-likeness (QED) is 0.767. The van der Waals surface area contributed by atoms with Crippen LogP contribution in [-0.2, 0) is 0 Å². The smallest absolute Gasteiger partial charge is 0.142 e. The SMILES string of the molecule is CCN1CCN(CC(O)COc2ccccc2N)CC1C. The molecule has 2 rings (SSSR count). The van der Waals surface area contributed by atoms with Crippen LogP contribution in [0.25, 0.3) is 0 Å². The lowest BCUT2D eigenvalue weighted by Gasteiger charge is -2.39. The molecule has 1 aliphatic heterocycles. The Bertz CT molecular complexity index is 441. The summed E-state index contributed by atoms with van der Waals surface area (Å²) in [5, 5.41) is 10.1. The number of benzene rings is 1. The minimum atomic E-state index is -0.495. The maximum atomic E-state index is 10.1. The third-order valence-electron chi connectivity index (χ3n) is 4.07. The molecule has 0 bridgehead atoms. The summed E-state index contributed by atoms with van der Waals surface area (Å²) < 4.78 is 5.60. The van der Waals surface area contributed by atoms with Gasteiger partial charge in [-0.05, 0) is 25.6 Å². The number of likely N-dealkylation sites (N-methyl/N-ethyl adjacent to an activating group) is 1. The Morgan fingerprint density at radius 2 is 2.14 bits per heavy atom. The Morgan fingerprint density at radius 3 is 2.81 bits per heavy atom. The van der Waals surface area contributed by atoms with E-state index in [9.17, 15) is 5.11 Å². The van der Waals surface area contributed by atoms with Gasteiger partial charge < -0.3 is 15.6 Å². The second-order valence-corrected chi connectivity index (χ2v) is 5.74. The highest BCUT2D eigenvalue weighted by Gasteiger charge is 2.23. The fraction of sp³-hybridized carbons (Fsp3) is 0.625. The molecule has 5 heteroatoms. The van der Waals surface area contributed by atoms with Crippen molar-refractivity contribution < 1.29 is 9.84 Å². The molecule has 2 atom stereocenters. The van der Waals surface area contributed by atoms with Crippen LogP contribution in [0.4, 0.5) is 5.69 Å². The summed E-state index contributed by atoms with van der Waals surface area (Å²) in [6.07, 6.45) is -0.495. The zero-order valence-electron chi connectivity index (χ0n) is 13.0. The molecule has 0 aromatic heterocycles. The first kappa shape index (κ1) is 16.1. The van der Waals surface area contributed by atoms with E-state index in [4.69, 9.17) is 10.5 Å². The maximum absolute atomic E-state index is 10.1. The van der Waals surface area contributed by atoms with Gasteiger partial charge in [0.2, 0.25) is 0 Å². The minimum absolute atomic E-state index is 0.274. The van der Waals surface area contributed by atoms with Gasteiger partial charge in [0.1, 0.15) is 18.5 Å². The number of ether oxygens (including phenoxy) is 1. The molecule has 0 radical (unpaired) electrons. The largest absolute Gasteiger partial charge is 0.489 e. The van der Waals surface area contributed by atoms with E-state index < -0.39 is 6.10 Å². The average Bonchev–Trinajstić information content (AvgIpc) is 2.46. The van der Waals surface area contributed by atoms with Gasteiger partial charge in [0.15, 0.2) is 0 Å². The number of anilines is 1. The first-order valence-corrected chi connectivity index (χ1v) is 7.72. The zero-order valence-corrected chi connectivity index (χ0v) is 13.0. The molecule has 1 heterocycles. The highest BCUT2D eigenvalue weighted by Crippen LogP contribution is 2.20. The van der Waals surface area contributed by atoms with Crippen molar-refractivity contribution in [3.63, 3.8) is 0 Å². The van der Waals surface area contributed by atoms with Crippen LogP contribution in [0.3, 0.4) is 0 Å². The van der Waals surface area contributed by atoms with Gasteiger partial charge in [0.25, 0.3) is 0 Å². The van der Waals surface area contributed by atoms with Gasteiger partial charge in [-0.1, -0.05) is 19.1 Å². The molecular formula is C16H27N3O2. The van der Waals surface area contributed by atoms with Crippen molar-refractivity contribution in [1.29, 1.82) is 0 Å². The average molecular weight is 293 g/mol. The number of nitrogens with two attached hydrogens (primary N) is 1. The Morgan fingerprint density at radius 1 is 1.38 bits per heavy atom. The molecule has 1 aromatic rings. The first-order chi connectivity index (χ1) is 10.1. The van der Waals surface area contributed by atoms with Gasteiger partial charge in [0, 0.05) is 32.2 Å². The molecule has 1 aromatic carbocycles. The molecule has 3 N–H and O–H groups in total. The number of nitrogen functional groups attached to an aromatic ring is 1. The van der Waals surface area contributed by atoms with E-state index in [0.29, 0.717) is 24.0 Å². The van der Waals surface area contributed by atoms with Crippen molar-refractivity contribution in [1.82, 2.24) is 9.80 Å². The summed E-state index contributed by atoms with van der Waals surface area (Å²) in [6.45, 7) is 9.51. The number of piperazine rings is 1. The molecule has 1 fully saturated rings.